The molecule has 1 N–H and O–H groups in total. The number of amides is 2. The van der Waals surface area contributed by atoms with Gasteiger partial charge in [0.2, 0.25) is 23.5 Å². The van der Waals surface area contributed by atoms with Gasteiger partial charge in [-0.3, -0.25) is 14.5 Å². The number of carbonyl (C=O) groups is 2. The van der Waals surface area contributed by atoms with Gasteiger partial charge in [-0.05, 0) is 24.8 Å². The van der Waals surface area contributed by atoms with Crippen LogP contribution in [0.4, 0.5) is 0 Å². The van der Waals surface area contributed by atoms with Crippen molar-refractivity contribution >= 4 is 23.2 Å². The lowest BCUT2D eigenvalue weighted by atomic mass is 10.2. The minimum absolute atomic E-state index is 0.0372. The second kappa shape index (κ2) is 9.61. The normalized spacial score (nSPS) is 15.5. The van der Waals surface area contributed by atoms with Crippen molar-refractivity contribution < 1.29 is 14.1 Å². The molecular weight excluding hydrogens is 366 g/mol. The first-order chi connectivity index (χ1) is 13.2. The van der Waals surface area contributed by atoms with Crippen molar-refractivity contribution in [1.82, 2.24) is 25.3 Å². The van der Waals surface area contributed by atoms with Crippen LogP contribution in [0.2, 0.25) is 0 Å². The standard InChI is InChI=1S/C18H25N5O3S/c1-2-19-15(24)13-22-8-4-9-23(11-10-22)17(25)7-6-16-20-18(21-26-16)14-5-3-12-27-14/h3,5,12H,2,4,6-11,13H2,1H3,(H,19,24). The van der Waals surface area contributed by atoms with Crippen LogP contribution in [0.25, 0.3) is 10.7 Å². The number of nitrogens with one attached hydrogen (secondary N) is 1. The minimum atomic E-state index is 0.0372. The lowest BCUT2D eigenvalue weighted by Gasteiger charge is -2.21. The summed E-state index contributed by atoms with van der Waals surface area (Å²) in [7, 11) is 0. The van der Waals surface area contributed by atoms with E-state index in [-0.39, 0.29) is 11.8 Å². The van der Waals surface area contributed by atoms with Crippen molar-refractivity contribution in [1.29, 1.82) is 0 Å². The summed E-state index contributed by atoms with van der Waals surface area (Å²) < 4.78 is 5.26. The summed E-state index contributed by atoms with van der Waals surface area (Å²) in [5.41, 5.74) is 0. The van der Waals surface area contributed by atoms with E-state index in [1.807, 2.05) is 29.3 Å². The van der Waals surface area contributed by atoms with E-state index in [0.29, 0.717) is 50.7 Å². The summed E-state index contributed by atoms with van der Waals surface area (Å²) >= 11 is 1.55. The fourth-order valence-corrected chi connectivity index (χ4v) is 3.72. The first-order valence-electron chi connectivity index (χ1n) is 9.29. The molecule has 1 fully saturated rings. The highest BCUT2D eigenvalue weighted by Gasteiger charge is 2.21. The molecule has 9 heteroatoms. The summed E-state index contributed by atoms with van der Waals surface area (Å²) in [6.07, 6.45) is 1.66. The van der Waals surface area contributed by atoms with Gasteiger partial charge in [0.1, 0.15) is 0 Å². The van der Waals surface area contributed by atoms with Crippen molar-refractivity contribution in [3.05, 3.63) is 23.4 Å². The number of rotatable bonds is 7. The average Bonchev–Trinajstić information content (AvgIpc) is 3.29. The SMILES string of the molecule is CCNC(=O)CN1CCCN(C(=O)CCc2nc(-c3cccs3)no2)CC1. The van der Waals surface area contributed by atoms with Gasteiger partial charge < -0.3 is 14.7 Å². The molecule has 8 nitrogen and oxygen atoms in total. The molecule has 1 aliphatic rings. The highest BCUT2D eigenvalue weighted by Crippen LogP contribution is 2.21. The van der Waals surface area contributed by atoms with E-state index >= 15 is 0 Å². The maximum absolute atomic E-state index is 12.5. The van der Waals surface area contributed by atoms with E-state index in [0.717, 1.165) is 24.4 Å². The highest BCUT2D eigenvalue weighted by molar-refractivity contribution is 7.13. The van der Waals surface area contributed by atoms with Gasteiger partial charge in [-0.15, -0.1) is 11.3 Å². The Hall–Kier alpha value is -2.26. The second-order valence-corrected chi connectivity index (χ2v) is 7.40. The van der Waals surface area contributed by atoms with Gasteiger partial charge in [-0.2, -0.15) is 4.98 Å². The molecule has 3 heterocycles. The van der Waals surface area contributed by atoms with Crippen LogP contribution in [0.1, 0.15) is 25.7 Å². The van der Waals surface area contributed by atoms with Crippen LogP contribution in [-0.2, 0) is 16.0 Å². The fraction of sp³-hybridized carbons (Fsp3) is 0.556. The Morgan fingerprint density at radius 1 is 1.30 bits per heavy atom. The molecular formula is C18H25N5O3S. The molecule has 0 aliphatic carbocycles. The Kier molecular flexibility index (Phi) is 6.94. The van der Waals surface area contributed by atoms with Gasteiger partial charge in [0.05, 0.1) is 11.4 Å². The lowest BCUT2D eigenvalue weighted by Crippen LogP contribution is -2.40. The molecule has 27 heavy (non-hydrogen) atoms. The van der Waals surface area contributed by atoms with E-state index < -0.39 is 0 Å². The monoisotopic (exact) mass is 391 g/mol. The summed E-state index contributed by atoms with van der Waals surface area (Å²) in [6, 6.07) is 3.88. The molecule has 1 aliphatic heterocycles. The van der Waals surface area contributed by atoms with E-state index in [2.05, 4.69) is 20.4 Å². The Bertz CT molecular complexity index is 746. The third kappa shape index (κ3) is 5.61. The molecule has 0 spiro atoms. The van der Waals surface area contributed by atoms with Gasteiger partial charge in [0.15, 0.2) is 0 Å². The van der Waals surface area contributed by atoms with Crippen LogP contribution in [0.3, 0.4) is 0 Å². The topological polar surface area (TPSA) is 91.6 Å². The van der Waals surface area contributed by atoms with E-state index in [1.165, 1.54) is 0 Å². The Balaban J connectivity index is 1.45. The first-order valence-corrected chi connectivity index (χ1v) is 10.2. The number of carbonyl (C=O) groups excluding carboxylic acids is 2. The molecule has 0 radical (unpaired) electrons. The number of nitrogens with zero attached hydrogens (tertiary/aromatic N) is 4. The first kappa shape index (κ1) is 19.5. The van der Waals surface area contributed by atoms with Crippen molar-refractivity contribution in [3.8, 4) is 10.7 Å². The van der Waals surface area contributed by atoms with Crippen LogP contribution in [0.5, 0.6) is 0 Å². The van der Waals surface area contributed by atoms with Crippen molar-refractivity contribution in [3.63, 3.8) is 0 Å². The van der Waals surface area contributed by atoms with Gasteiger partial charge in [-0.1, -0.05) is 11.2 Å². The van der Waals surface area contributed by atoms with Gasteiger partial charge in [-0.25, -0.2) is 0 Å². The van der Waals surface area contributed by atoms with Crippen LogP contribution >= 0.6 is 11.3 Å². The number of hydrogen-bond acceptors (Lipinski definition) is 7. The second-order valence-electron chi connectivity index (χ2n) is 6.45. The van der Waals surface area contributed by atoms with Crippen LogP contribution in [-0.4, -0.2) is 71.0 Å². The lowest BCUT2D eigenvalue weighted by molar-refractivity contribution is -0.131. The van der Waals surface area contributed by atoms with Crippen molar-refractivity contribution in [2.75, 3.05) is 39.3 Å². The molecule has 0 aromatic carbocycles. The predicted molar refractivity (Wildman–Crippen MR) is 102 cm³/mol. The molecule has 0 bridgehead atoms. The zero-order valence-corrected chi connectivity index (χ0v) is 16.3. The summed E-state index contributed by atoms with van der Waals surface area (Å²) in [5, 5.41) is 8.75. The van der Waals surface area contributed by atoms with Gasteiger partial charge >= 0.3 is 0 Å². The molecule has 1 saturated heterocycles. The minimum Gasteiger partial charge on any atom is -0.355 e. The quantitative estimate of drug-likeness (QED) is 0.767. The summed E-state index contributed by atoms with van der Waals surface area (Å²) in [4.78, 5) is 33.5. The van der Waals surface area contributed by atoms with Crippen LogP contribution in [0, 0.1) is 0 Å². The Labute approximate surface area is 162 Å². The fourth-order valence-electron chi connectivity index (χ4n) is 3.07. The zero-order chi connectivity index (χ0) is 19.1. The third-order valence-corrected chi connectivity index (χ3v) is 5.31. The Morgan fingerprint density at radius 3 is 2.96 bits per heavy atom. The Morgan fingerprint density at radius 2 is 2.19 bits per heavy atom. The number of aromatic nitrogens is 2. The molecule has 146 valence electrons. The molecule has 3 rings (SSSR count). The molecule has 2 aromatic rings. The third-order valence-electron chi connectivity index (χ3n) is 4.44. The van der Waals surface area contributed by atoms with Crippen molar-refractivity contribution in [2.45, 2.75) is 26.2 Å². The number of aryl methyl sites for hydroxylation is 1. The number of thiophene rings is 1. The maximum Gasteiger partial charge on any atom is 0.234 e. The number of likely N-dealkylation sites (N-methyl/N-ethyl adjacent to an activating group) is 1. The predicted octanol–water partition coefficient (Wildman–Crippen LogP) is 1.40. The molecule has 0 saturated carbocycles. The molecule has 2 amide bonds. The smallest absolute Gasteiger partial charge is 0.234 e. The van der Waals surface area contributed by atoms with E-state index in [4.69, 9.17) is 4.52 Å². The van der Waals surface area contributed by atoms with Gasteiger partial charge in [0, 0.05) is 45.6 Å². The van der Waals surface area contributed by atoms with Crippen molar-refractivity contribution in [2.24, 2.45) is 0 Å². The van der Waals surface area contributed by atoms with Gasteiger partial charge in [0.25, 0.3) is 0 Å². The average molecular weight is 391 g/mol. The molecule has 0 atom stereocenters. The largest absolute Gasteiger partial charge is 0.355 e. The molecule has 0 unspecified atom stereocenters. The van der Waals surface area contributed by atoms with Crippen LogP contribution in [0.15, 0.2) is 22.0 Å². The maximum atomic E-state index is 12.5. The van der Waals surface area contributed by atoms with E-state index in [9.17, 15) is 9.59 Å². The summed E-state index contributed by atoms with van der Waals surface area (Å²) in [5.74, 6) is 1.18. The van der Waals surface area contributed by atoms with Crippen LogP contribution < -0.4 is 5.32 Å². The zero-order valence-electron chi connectivity index (χ0n) is 15.5. The molecule has 2 aromatic heterocycles. The highest BCUT2D eigenvalue weighted by atomic mass is 32.1. The summed E-state index contributed by atoms with van der Waals surface area (Å²) in [6.45, 7) is 5.84. The number of hydrogen-bond donors (Lipinski definition) is 1. The van der Waals surface area contributed by atoms with E-state index in [1.54, 1.807) is 11.3 Å².